The first kappa shape index (κ1) is 11.4. The van der Waals surface area contributed by atoms with Crippen LogP contribution in [0.3, 0.4) is 0 Å². The summed E-state index contributed by atoms with van der Waals surface area (Å²) in [6.07, 6.45) is 1.66. The Labute approximate surface area is 103 Å². The van der Waals surface area contributed by atoms with Crippen LogP contribution in [0.5, 0.6) is 0 Å². The van der Waals surface area contributed by atoms with Gasteiger partial charge in [0.25, 0.3) is 0 Å². The van der Waals surface area contributed by atoms with Crippen LogP contribution < -0.4 is 5.73 Å². The summed E-state index contributed by atoms with van der Waals surface area (Å²) in [5, 5.41) is 9.34. The van der Waals surface area contributed by atoms with Crippen LogP contribution in [0.1, 0.15) is 5.56 Å². The highest BCUT2D eigenvalue weighted by Gasteiger charge is 2.09. The van der Waals surface area contributed by atoms with Gasteiger partial charge < -0.3 is 10.3 Å². The number of aromatic nitrogens is 3. The number of aryl methyl sites for hydroxylation is 1. The number of halogens is 1. The third-order valence-corrected chi connectivity index (χ3v) is 3.66. The third kappa shape index (κ3) is 2.21. The normalized spacial score (nSPS) is 10.7. The molecule has 0 saturated heterocycles. The second-order valence-electron chi connectivity index (χ2n) is 3.25. The highest BCUT2D eigenvalue weighted by molar-refractivity contribution is 7.99. The minimum atomic E-state index is 0.417. The SMILES string of the molecule is Cn1cnnc1Sc1cccc(Cl)c1CN. The minimum absolute atomic E-state index is 0.417. The van der Waals surface area contributed by atoms with Gasteiger partial charge in [0.1, 0.15) is 6.33 Å². The van der Waals surface area contributed by atoms with Gasteiger partial charge in [-0.15, -0.1) is 10.2 Å². The molecule has 0 atom stereocenters. The van der Waals surface area contributed by atoms with Crippen LogP contribution in [0, 0.1) is 0 Å². The number of rotatable bonds is 3. The van der Waals surface area contributed by atoms with Crippen LogP contribution in [-0.2, 0) is 13.6 Å². The maximum Gasteiger partial charge on any atom is 0.195 e. The van der Waals surface area contributed by atoms with Gasteiger partial charge in [0.2, 0.25) is 0 Å². The lowest BCUT2D eigenvalue weighted by atomic mass is 10.2. The Balaban J connectivity index is 2.35. The zero-order chi connectivity index (χ0) is 11.5. The van der Waals surface area contributed by atoms with E-state index < -0.39 is 0 Å². The molecule has 0 saturated carbocycles. The lowest BCUT2D eigenvalue weighted by Crippen LogP contribution is -2.00. The van der Waals surface area contributed by atoms with Gasteiger partial charge >= 0.3 is 0 Å². The first-order chi connectivity index (χ1) is 7.72. The second kappa shape index (κ2) is 4.86. The summed E-state index contributed by atoms with van der Waals surface area (Å²) >= 11 is 7.58. The molecule has 0 fully saturated rings. The average molecular weight is 255 g/mol. The predicted octanol–water partition coefficient (Wildman–Crippen LogP) is 2.08. The maximum atomic E-state index is 6.07. The number of nitrogens with zero attached hydrogens (tertiary/aromatic N) is 3. The third-order valence-electron chi connectivity index (χ3n) is 2.15. The van der Waals surface area contributed by atoms with Crippen molar-refractivity contribution in [1.82, 2.24) is 14.8 Å². The highest BCUT2D eigenvalue weighted by atomic mass is 35.5. The standard InChI is InChI=1S/C10H11ClN4S/c1-15-6-13-14-10(15)16-9-4-2-3-8(11)7(9)5-12/h2-4,6H,5,12H2,1H3. The molecule has 0 aliphatic heterocycles. The fourth-order valence-electron chi connectivity index (χ4n) is 1.30. The molecular formula is C10H11ClN4S. The summed E-state index contributed by atoms with van der Waals surface area (Å²) < 4.78 is 1.85. The Bertz CT molecular complexity index is 497. The smallest absolute Gasteiger partial charge is 0.195 e. The molecule has 1 heterocycles. The molecule has 16 heavy (non-hydrogen) atoms. The predicted molar refractivity (Wildman–Crippen MR) is 64.5 cm³/mol. The minimum Gasteiger partial charge on any atom is -0.326 e. The van der Waals surface area contributed by atoms with Crippen molar-refractivity contribution >= 4 is 23.4 Å². The molecule has 0 unspecified atom stereocenters. The first-order valence-corrected chi connectivity index (χ1v) is 5.91. The number of hydrogen-bond acceptors (Lipinski definition) is 4. The summed E-state index contributed by atoms with van der Waals surface area (Å²) in [6, 6.07) is 5.72. The second-order valence-corrected chi connectivity index (χ2v) is 4.66. The van der Waals surface area contributed by atoms with Crippen molar-refractivity contribution in [3.8, 4) is 0 Å². The fourth-order valence-corrected chi connectivity index (χ4v) is 2.54. The molecule has 0 radical (unpaired) electrons. The molecule has 0 aliphatic rings. The van der Waals surface area contributed by atoms with E-state index in [2.05, 4.69) is 10.2 Å². The van der Waals surface area contributed by atoms with Crippen LogP contribution in [0.4, 0.5) is 0 Å². The summed E-state index contributed by atoms with van der Waals surface area (Å²) in [4.78, 5) is 1.02. The Kier molecular flexibility index (Phi) is 3.48. The maximum absolute atomic E-state index is 6.07. The lowest BCUT2D eigenvalue weighted by Gasteiger charge is -2.08. The van der Waals surface area contributed by atoms with Crippen molar-refractivity contribution < 1.29 is 0 Å². The van der Waals surface area contributed by atoms with E-state index in [1.165, 1.54) is 11.8 Å². The Hall–Kier alpha value is -1.04. The van der Waals surface area contributed by atoms with E-state index in [-0.39, 0.29) is 0 Å². The molecule has 2 aromatic rings. The number of nitrogens with two attached hydrogens (primary N) is 1. The Morgan fingerprint density at radius 3 is 2.94 bits per heavy atom. The van der Waals surface area contributed by atoms with E-state index in [0.717, 1.165) is 15.6 Å². The largest absolute Gasteiger partial charge is 0.326 e. The van der Waals surface area contributed by atoms with Crippen LogP contribution in [0.25, 0.3) is 0 Å². The van der Waals surface area contributed by atoms with Crippen LogP contribution in [0.15, 0.2) is 34.6 Å². The van der Waals surface area contributed by atoms with Gasteiger partial charge in [-0.3, -0.25) is 0 Å². The molecule has 0 bridgehead atoms. The summed E-state index contributed by atoms with van der Waals surface area (Å²) in [6.45, 7) is 0.417. The van der Waals surface area contributed by atoms with E-state index >= 15 is 0 Å². The van der Waals surface area contributed by atoms with Crippen LogP contribution in [-0.4, -0.2) is 14.8 Å². The highest BCUT2D eigenvalue weighted by Crippen LogP contribution is 2.32. The number of benzene rings is 1. The number of hydrogen-bond donors (Lipinski definition) is 1. The molecule has 84 valence electrons. The van der Waals surface area contributed by atoms with Crippen LogP contribution >= 0.6 is 23.4 Å². The molecule has 2 rings (SSSR count). The molecule has 0 aliphatic carbocycles. The van der Waals surface area contributed by atoms with Gasteiger partial charge in [0, 0.05) is 23.5 Å². The van der Waals surface area contributed by atoms with Crippen LogP contribution in [0.2, 0.25) is 5.02 Å². The fraction of sp³-hybridized carbons (Fsp3) is 0.200. The molecular weight excluding hydrogens is 244 g/mol. The van der Waals surface area contributed by atoms with Gasteiger partial charge in [-0.1, -0.05) is 17.7 Å². The van der Waals surface area contributed by atoms with Gasteiger partial charge in [-0.2, -0.15) is 0 Å². The van der Waals surface area contributed by atoms with Gasteiger partial charge in [-0.05, 0) is 29.5 Å². The zero-order valence-electron chi connectivity index (χ0n) is 8.72. The van der Waals surface area contributed by atoms with Crippen molar-refractivity contribution in [3.05, 3.63) is 35.1 Å². The monoisotopic (exact) mass is 254 g/mol. The van der Waals surface area contributed by atoms with E-state index in [9.17, 15) is 0 Å². The van der Waals surface area contributed by atoms with Crippen molar-refractivity contribution in [1.29, 1.82) is 0 Å². The van der Waals surface area contributed by atoms with Gasteiger partial charge in [0.05, 0.1) is 0 Å². The molecule has 0 spiro atoms. The molecule has 2 N–H and O–H groups in total. The van der Waals surface area contributed by atoms with E-state index in [4.69, 9.17) is 17.3 Å². The molecule has 1 aromatic heterocycles. The van der Waals surface area contributed by atoms with Crippen molar-refractivity contribution in [2.75, 3.05) is 0 Å². The Morgan fingerprint density at radius 2 is 2.31 bits per heavy atom. The molecule has 4 nitrogen and oxygen atoms in total. The van der Waals surface area contributed by atoms with Crippen molar-refractivity contribution in [3.63, 3.8) is 0 Å². The quantitative estimate of drug-likeness (QED) is 0.911. The molecule has 1 aromatic carbocycles. The topological polar surface area (TPSA) is 56.7 Å². The van der Waals surface area contributed by atoms with Gasteiger partial charge in [-0.25, -0.2) is 0 Å². The Morgan fingerprint density at radius 1 is 1.50 bits per heavy atom. The van der Waals surface area contributed by atoms with E-state index in [0.29, 0.717) is 11.6 Å². The lowest BCUT2D eigenvalue weighted by molar-refractivity contribution is 0.788. The average Bonchev–Trinajstić information content (AvgIpc) is 2.65. The van der Waals surface area contributed by atoms with Gasteiger partial charge in [0.15, 0.2) is 5.16 Å². The van der Waals surface area contributed by atoms with Crippen molar-refractivity contribution in [2.45, 2.75) is 16.6 Å². The first-order valence-electron chi connectivity index (χ1n) is 4.71. The summed E-state index contributed by atoms with van der Waals surface area (Å²) in [7, 11) is 1.90. The molecule has 0 amide bonds. The molecule has 6 heteroatoms. The van der Waals surface area contributed by atoms with Crippen molar-refractivity contribution in [2.24, 2.45) is 12.8 Å². The zero-order valence-corrected chi connectivity index (χ0v) is 10.3. The van der Waals surface area contributed by atoms with E-state index in [1.807, 2.05) is 29.8 Å². The summed E-state index contributed by atoms with van der Waals surface area (Å²) in [5.74, 6) is 0. The summed E-state index contributed by atoms with van der Waals surface area (Å²) in [5.41, 5.74) is 6.62. The van der Waals surface area contributed by atoms with E-state index in [1.54, 1.807) is 6.33 Å².